The van der Waals surface area contributed by atoms with Gasteiger partial charge in [0.2, 0.25) is 0 Å². The summed E-state index contributed by atoms with van der Waals surface area (Å²) in [5.41, 5.74) is 0. The Morgan fingerprint density at radius 2 is 2.43 bits per heavy atom. The molecule has 2 rings (SSSR count). The van der Waals surface area contributed by atoms with Crippen LogP contribution in [-0.2, 0) is 20.1 Å². The van der Waals surface area contributed by atoms with E-state index in [1.807, 2.05) is 7.05 Å². The molecule has 1 N–H and O–H groups in total. The van der Waals surface area contributed by atoms with Crippen molar-refractivity contribution in [3.63, 3.8) is 0 Å². The van der Waals surface area contributed by atoms with Crippen LogP contribution in [-0.4, -0.2) is 14.8 Å². The first-order valence-corrected chi connectivity index (χ1v) is 5.30. The Labute approximate surface area is 86.6 Å². The molecule has 5 heteroatoms. The predicted octanol–water partition coefficient (Wildman–Crippen LogP) is 1.17. The monoisotopic (exact) mass is 208 g/mol. The van der Waals surface area contributed by atoms with E-state index in [1.54, 1.807) is 22.3 Å². The minimum atomic E-state index is 0.721. The maximum absolute atomic E-state index is 4.18. The molecule has 0 saturated carbocycles. The molecule has 0 aliphatic heterocycles. The van der Waals surface area contributed by atoms with Gasteiger partial charge in [-0.25, -0.2) is 4.98 Å². The van der Waals surface area contributed by atoms with Crippen molar-refractivity contribution in [3.8, 4) is 0 Å². The highest BCUT2D eigenvalue weighted by Gasteiger charge is 1.98. The minimum absolute atomic E-state index is 0.721. The first-order chi connectivity index (χ1) is 6.84. The lowest BCUT2D eigenvalue weighted by molar-refractivity contribution is 0.654. The van der Waals surface area contributed by atoms with Crippen LogP contribution < -0.4 is 5.32 Å². The van der Waals surface area contributed by atoms with Crippen LogP contribution in [0, 0.1) is 0 Å². The van der Waals surface area contributed by atoms with Gasteiger partial charge in [-0.1, -0.05) is 6.07 Å². The summed E-state index contributed by atoms with van der Waals surface area (Å²) in [5.74, 6) is 0.837. The van der Waals surface area contributed by atoms with Gasteiger partial charge in [0, 0.05) is 18.5 Å². The lowest BCUT2D eigenvalue weighted by Gasteiger charge is -1.98. The van der Waals surface area contributed by atoms with Crippen LogP contribution in [0.3, 0.4) is 0 Å². The van der Waals surface area contributed by atoms with E-state index in [4.69, 9.17) is 0 Å². The summed E-state index contributed by atoms with van der Waals surface area (Å²) >= 11 is 1.75. The molecule has 0 radical (unpaired) electrons. The van der Waals surface area contributed by atoms with E-state index in [0.717, 1.165) is 18.9 Å². The van der Waals surface area contributed by atoms with Gasteiger partial charge in [-0.2, -0.15) is 5.10 Å². The first-order valence-electron chi connectivity index (χ1n) is 4.42. The third kappa shape index (κ3) is 2.40. The number of nitrogens with zero attached hydrogens (tertiary/aromatic N) is 3. The van der Waals surface area contributed by atoms with E-state index in [2.05, 4.69) is 32.9 Å². The first kappa shape index (κ1) is 9.36. The van der Waals surface area contributed by atoms with Gasteiger partial charge < -0.3 is 5.32 Å². The molecule has 0 spiro atoms. The van der Waals surface area contributed by atoms with Gasteiger partial charge in [0.15, 0.2) is 5.82 Å². The van der Waals surface area contributed by atoms with Crippen LogP contribution in [0.25, 0.3) is 0 Å². The van der Waals surface area contributed by atoms with Crippen LogP contribution in [0.4, 0.5) is 0 Å². The second-order valence-corrected chi connectivity index (χ2v) is 4.05. The van der Waals surface area contributed by atoms with E-state index in [0.29, 0.717) is 0 Å². The zero-order chi connectivity index (χ0) is 9.80. The Balaban J connectivity index is 1.78. The molecule has 14 heavy (non-hydrogen) atoms. The fraction of sp³-hybridized carbons (Fsp3) is 0.333. The van der Waals surface area contributed by atoms with Crippen molar-refractivity contribution in [2.45, 2.75) is 13.1 Å². The predicted molar refractivity (Wildman–Crippen MR) is 55.9 cm³/mol. The van der Waals surface area contributed by atoms with Gasteiger partial charge in [-0.3, -0.25) is 4.68 Å². The lowest BCUT2D eigenvalue weighted by atomic mass is 10.4. The lowest BCUT2D eigenvalue weighted by Crippen LogP contribution is -2.13. The quantitative estimate of drug-likeness (QED) is 0.820. The van der Waals surface area contributed by atoms with Gasteiger partial charge in [0.1, 0.15) is 6.33 Å². The number of aryl methyl sites for hydroxylation is 1. The Kier molecular flexibility index (Phi) is 2.90. The van der Waals surface area contributed by atoms with Crippen molar-refractivity contribution >= 4 is 11.3 Å². The molecule has 0 aliphatic rings. The van der Waals surface area contributed by atoms with E-state index in [9.17, 15) is 0 Å². The van der Waals surface area contributed by atoms with Crippen LogP contribution in [0.15, 0.2) is 23.8 Å². The molecule has 2 aromatic rings. The number of hydrogen-bond donors (Lipinski definition) is 1. The third-order valence-corrected chi connectivity index (χ3v) is 2.69. The molecule has 4 nitrogen and oxygen atoms in total. The van der Waals surface area contributed by atoms with E-state index >= 15 is 0 Å². The molecule has 0 fully saturated rings. The molecule has 0 unspecified atom stereocenters. The second kappa shape index (κ2) is 4.34. The summed E-state index contributed by atoms with van der Waals surface area (Å²) in [7, 11) is 1.87. The molecule has 0 aliphatic carbocycles. The molecule has 0 aromatic carbocycles. The number of nitrogens with one attached hydrogen (secondary N) is 1. The fourth-order valence-electron chi connectivity index (χ4n) is 1.18. The van der Waals surface area contributed by atoms with E-state index in [-0.39, 0.29) is 0 Å². The highest BCUT2D eigenvalue weighted by Crippen LogP contribution is 2.07. The normalized spacial score (nSPS) is 10.6. The van der Waals surface area contributed by atoms with Gasteiger partial charge in [0.05, 0.1) is 6.54 Å². The molecule has 0 saturated heterocycles. The van der Waals surface area contributed by atoms with E-state index in [1.165, 1.54) is 4.88 Å². The second-order valence-electron chi connectivity index (χ2n) is 3.02. The molecule has 2 heterocycles. The van der Waals surface area contributed by atoms with Crippen LogP contribution in [0.2, 0.25) is 0 Å². The summed E-state index contributed by atoms with van der Waals surface area (Å²) in [6.45, 7) is 1.61. The van der Waals surface area contributed by atoms with Crippen molar-refractivity contribution in [3.05, 3.63) is 34.5 Å². The van der Waals surface area contributed by atoms with Crippen molar-refractivity contribution in [1.29, 1.82) is 0 Å². The van der Waals surface area contributed by atoms with Crippen molar-refractivity contribution in [2.75, 3.05) is 0 Å². The summed E-state index contributed by atoms with van der Waals surface area (Å²) < 4.78 is 1.71. The van der Waals surface area contributed by atoms with Crippen molar-refractivity contribution in [1.82, 2.24) is 20.1 Å². The molecule has 2 aromatic heterocycles. The Morgan fingerprint density at radius 3 is 3.07 bits per heavy atom. The van der Waals surface area contributed by atoms with E-state index < -0.39 is 0 Å². The van der Waals surface area contributed by atoms with Crippen molar-refractivity contribution < 1.29 is 0 Å². The topological polar surface area (TPSA) is 42.7 Å². The summed E-state index contributed by atoms with van der Waals surface area (Å²) in [4.78, 5) is 5.46. The van der Waals surface area contributed by atoms with Gasteiger partial charge in [-0.15, -0.1) is 11.3 Å². The number of aromatic nitrogens is 3. The summed E-state index contributed by atoms with van der Waals surface area (Å²) in [5, 5.41) is 9.54. The SMILES string of the molecule is Cn1cnc(CNCc2cccs2)n1. The van der Waals surface area contributed by atoms with Crippen LogP contribution >= 0.6 is 11.3 Å². The highest BCUT2D eigenvalue weighted by atomic mass is 32.1. The Hall–Kier alpha value is -1.20. The largest absolute Gasteiger partial charge is 0.305 e. The standard InChI is InChI=1S/C9H12N4S/c1-13-7-11-9(12-13)6-10-5-8-3-2-4-14-8/h2-4,7,10H,5-6H2,1H3. The molecule has 0 amide bonds. The third-order valence-electron chi connectivity index (χ3n) is 1.81. The highest BCUT2D eigenvalue weighted by molar-refractivity contribution is 7.09. The van der Waals surface area contributed by atoms with Gasteiger partial charge in [-0.05, 0) is 11.4 Å². The molecule has 74 valence electrons. The minimum Gasteiger partial charge on any atom is -0.305 e. The van der Waals surface area contributed by atoms with Gasteiger partial charge in [0.25, 0.3) is 0 Å². The zero-order valence-electron chi connectivity index (χ0n) is 7.97. The number of rotatable bonds is 4. The van der Waals surface area contributed by atoms with Crippen LogP contribution in [0.1, 0.15) is 10.7 Å². The summed E-state index contributed by atoms with van der Waals surface area (Å²) in [6, 6.07) is 4.17. The van der Waals surface area contributed by atoms with Gasteiger partial charge >= 0.3 is 0 Å². The molecular formula is C9H12N4S. The average Bonchev–Trinajstić information content (AvgIpc) is 2.77. The van der Waals surface area contributed by atoms with Crippen LogP contribution in [0.5, 0.6) is 0 Å². The smallest absolute Gasteiger partial charge is 0.164 e. The molecule has 0 bridgehead atoms. The summed E-state index contributed by atoms with van der Waals surface area (Å²) in [6.07, 6.45) is 1.71. The average molecular weight is 208 g/mol. The zero-order valence-corrected chi connectivity index (χ0v) is 8.79. The number of hydrogen-bond acceptors (Lipinski definition) is 4. The maximum atomic E-state index is 4.18. The molecule has 0 atom stereocenters. The Morgan fingerprint density at radius 1 is 1.50 bits per heavy atom. The van der Waals surface area contributed by atoms with Crippen molar-refractivity contribution in [2.24, 2.45) is 7.05 Å². The number of thiophene rings is 1. The Bertz CT molecular complexity index is 379. The molecular weight excluding hydrogens is 196 g/mol. The maximum Gasteiger partial charge on any atom is 0.164 e. The fourth-order valence-corrected chi connectivity index (χ4v) is 1.85.